The fraction of sp³-hybridized carbons (Fsp3) is 0.667. The van der Waals surface area contributed by atoms with Crippen LogP contribution >= 0.6 is 0 Å². The van der Waals surface area contributed by atoms with E-state index < -0.39 is 0 Å². The van der Waals surface area contributed by atoms with Crippen molar-refractivity contribution in [2.45, 2.75) is 65.5 Å². The maximum atomic E-state index is 14.2. The van der Waals surface area contributed by atoms with Gasteiger partial charge in [-0.15, -0.1) is 0 Å². The molecule has 2 nitrogen and oxygen atoms in total. The van der Waals surface area contributed by atoms with Gasteiger partial charge in [0.1, 0.15) is 6.10 Å². The van der Waals surface area contributed by atoms with Crippen molar-refractivity contribution in [1.29, 1.82) is 0 Å². The van der Waals surface area contributed by atoms with E-state index in [9.17, 15) is 4.39 Å². The largest absolute Gasteiger partial charge is 0.486 e. The number of ether oxygens (including phenoxy) is 1. The maximum Gasteiger partial charge on any atom is 0.167 e. The van der Waals surface area contributed by atoms with E-state index in [0.717, 1.165) is 25.8 Å². The van der Waals surface area contributed by atoms with Gasteiger partial charge in [0, 0.05) is 6.04 Å². The van der Waals surface area contributed by atoms with Crippen LogP contribution in [0.4, 0.5) is 4.39 Å². The molecule has 0 aliphatic heterocycles. The molecule has 1 aliphatic carbocycles. The molecular formula is C18H28FNO. The molecule has 1 aromatic rings. The molecule has 118 valence electrons. The lowest BCUT2D eigenvalue weighted by Gasteiger charge is -2.41. The Kier molecular flexibility index (Phi) is 5.26. The minimum absolute atomic E-state index is 0.0385. The summed E-state index contributed by atoms with van der Waals surface area (Å²) in [4.78, 5) is 0. The van der Waals surface area contributed by atoms with Crippen LogP contribution in [-0.2, 0) is 0 Å². The van der Waals surface area contributed by atoms with E-state index in [4.69, 9.17) is 4.74 Å². The van der Waals surface area contributed by atoms with Crippen LogP contribution in [-0.4, -0.2) is 18.7 Å². The Hall–Kier alpha value is -1.09. The first-order chi connectivity index (χ1) is 9.93. The number of nitrogens with one attached hydrogen (secondary N) is 1. The minimum Gasteiger partial charge on any atom is -0.486 e. The average molecular weight is 293 g/mol. The molecule has 1 aromatic carbocycles. The Balaban J connectivity index is 2.13. The standard InChI is InChI=1S/C18H28FNO/c1-5-11-20-14-9-10-18(3,4)12-16(14)21-15-8-6-7-13(2)17(15)19/h6-8,14,16,20H,5,9-12H2,1-4H3. The van der Waals surface area contributed by atoms with Crippen LogP contribution in [0.3, 0.4) is 0 Å². The van der Waals surface area contributed by atoms with E-state index in [0.29, 0.717) is 17.4 Å². The fourth-order valence-electron chi connectivity index (χ4n) is 3.08. The third-order valence-corrected chi connectivity index (χ3v) is 4.43. The van der Waals surface area contributed by atoms with E-state index in [1.54, 1.807) is 19.1 Å². The third kappa shape index (κ3) is 4.19. The van der Waals surface area contributed by atoms with Crippen molar-refractivity contribution in [2.24, 2.45) is 5.41 Å². The average Bonchev–Trinajstić information content (AvgIpc) is 2.42. The summed E-state index contributed by atoms with van der Waals surface area (Å²) in [6, 6.07) is 5.69. The van der Waals surface area contributed by atoms with Crippen molar-refractivity contribution in [3.8, 4) is 5.75 Å². The van der Waals surface area contributed by atoms with Gasteiger partial charge in [0.25, 0.3) is 0 Å². The fourth-order valence-corrected chi connectivity index (χ4v) is 3.08. The van der Waals surface area contributed by atoms with E-state index in [1.165, 1.54) is 6.42 Å². The second-order valence-electron chi connectivity index (χ2n) is 7.01. The normalized spacial score (nSPS) is 24.8. The highest BCUT2D eigenvalue weighted by Gasteiger charge is 2.36. The molecule has 3 heteroatoms. The van der Waals surface area contributed by atoms with Crippen LogP contribution in [0.15, 0.2) is 18.2 Å². The smallest absolute Gasteiger partial charge is 0.167 e. The number of halogens is 1. The molecular weight excluding hydrogens is 265 g/mol. The zero-order valence-corrected chi connectivity index (χ0v) is 13.7. The summed E-state index contributed by atoms with van der Waals surface area (Å²) in [7, 11) is 0. The van der Waals surface area contributed by atoms with Crippen molar-refractivity contribution < 1.29 is 9.13 Å². The molecule has 1 fully saturated rings. The van der Waals surface area contributed by atoms with E-state index in [-0.39, 0.29) is 17.3 Å². The summed E-state index contributed by atoms with van der Waals surface area (Å²) in [5, 5.41) is 3.57. The van der Waals surface area contributed by atoms with Gasteiger partial charge in [-0.2, -0.15) is 0 Å². The summed E-state index contributed by atoms with van der Waals surface area (Å²) in [5.74, 6) is 0.163. The molecule has 0 bridgehead atoms. The lowest BCUT2D eigenvalue weighted by Crippen LogP contribution is -2.49. The molecule has 2 unspecified atom stereocenters. The lowest BCUT2D eigenvalue weighted by molar-refractivity contribution is 0.0503. The van der Waals surface area contributed by atoms with Crippen molar-refractivity contribution >= 4 is 0 Å². The van der Waals surface area contributed by atoms with Crippen molar-refractivity contribution in [3.63, 3.8) is 0 Å². The molecule has 1 N–H and O–H groups in total. The number of hydrogen-bond acceptors (Lipinski definition) is 2. The van der Waals surface area contributed by atoms with Gasteiger partial charge in [-0.1, -0.05) is 32.9 Å². The predicted octanol–water partition coefficient (Wildman–Crippen LogP) is 4.46. The maximum absolute atomic E-state index is 14.2. The quantitative estimate of drug-likeness (QED) is 0.865. The first-order valence-corrected chi connectivity index (χ1v) is 8.08. The second kappa shape index (κ2) is 6.78. The predicted molar refractivity (Wildman–Crippen MR) is 85.3 cm³/mol. The van der Waals surface area contributed by atoms with E-state index in [1.807, 2.05) is 6.07 Å². The topological polar surface area (TPSA) is 21.3 Å². The van der Waals surface area contributed by atoms with E-state index >= 15 is 0 Å². The molecule has 0 amide bonds. The molecule has 0 heterocycles. The first kappa shape index (κ1) is 16.3. The van der Waals surface area contributed by atoms with Gasteiger partial charge in [0.2, 0.25) is 0 Å². The van der Waals surface area contributed by atoms with Crippen molar-refractivity contribution in [1.82, 2.24) is 5.32 Å². The molecule has 0 aromatic heterocycles. The Morgan fingerprint density at radius 2 is 2.14 bits per heavy atom. The summed E-state index contributed by atoms with van der Waals surface area (Å²) < 4.78 is 20.3. The van der Waals surface area contributed by atoms with Crippen LogP contribution in [0.2, 0.25) is 0 Å². The van der Waals surface area contributed by atoms with Crippen LogP contribution < -0.4 is 10.1 Å². The van der Waals surface area contributed by atoms with Gasteiger partial charge < -0.3 is 10.1 Å². The van der Waals surface area contributed by atoms with Gasteiger partial charge in [0.15, 0.2) is 11.6 Å². The highest BCUT2D eigenvalue weighted by Crippen LogP contribution is 2.37. The molecule has 1 saturated carbocycles. The van der Waals surface area contributed by atoms with Gasteiger partial charge >= 0.3 is 0 Å². The van der Waals surface area contributed by atoms with Crippen molar-refractivity contribution in [2.75, 3.05) is 6.54 Å². The van der Waals surface area contributed by atoms with E-state index in [2.05, 4.69) is 26.1 Å². The van der Waals surface area contributed by atoms with Crippen LogP contribution in [0.25, 0.3) is 0 Å². The second-order valence-corrected chi connectivity index (χ2v) is 7.01. The Morgan fingerprint density at radius 3 is 2.86 bits per heavy atom. The number of hydrogen-bond donors (Lipinski definition) is 1. The SMILES string of the molecule is CCCNC1CCC(C)(C)CC1Oc1cccc(C)c1F. The third-order valence-electron chi connectivity index (χ3n) is 4.43. The molecule has 0 saturated heterocycles. The Bertz CT molecular complexity index is 472. The van der Waals surface area contributed by atoms with Crippen molar-refractivity contribution in [3.05, 3.63) is 29.6 Å². The van der Waals surface area contributed by atoms with Gasteiger partial charge in [-0.05, 0) is 56.2 Å². The van der Waals surface area contributed by atoms with Gasteiger partial charge in [0.05, 0.1) is 0 Å². The Labute approximate surface area is 128 Å². The highest BCUT2D eigenvalue weighted by molar-refractivity contribution is 5.30. The Morgan fingerprint density at radius 1 is 1.38 bits per heavy atom. The summed E-state index contributed by atoms with van der Waals surface area (Å²) in [6.07, 6.45) is 4.37. The van der Waals surface area contributed by atoms with Crippen LogP contribution in [0.5, 0.6) is 5.75 Å². The lowest BCUT2D eigenvalue weighted by atomic mass is 9.74. The summed E-state index contributed by atoms with van der Waals surface area (Å²) in [6.45, 7) is 9.47. The summed E-state index contributed by atoms with van der Waals surface area (Å²) >= 11 is 0. The van der Waals surface area contributed by atoms with Gasteiger partial charge in [-0.25, -0.2) is 4.39 Å². The van der Waals surface area contributed by atoms with Crippen LogP contribution in [0.1, 0.15) is 52.0 Å². The number of aryl methyl sites for hydroxylation is 1. The molecule has 0 radical (unpaired) electrons. The first-order valence-electron chi connectivity index (χ1n) is 8.08. The number of benzene rings is 1. The summed E-state index contributed by atoms with van der Waals surface area (Å²) in [5.41, 5.74) is 0.899. The number of rotatable bonds is 5. The molecule has 1 aliphatic rings. The molecule has 2 atom stereocenters. The highest BCUT2D eigenvalue weighted by atomic mass is 19.1. The van der Waals surface area contributed by atoms with Gasteiger partial charge in [-0.3, -0.25) is 0 Å². The zero-order valence-electron chi connectivity index (χ0n) is 13.7. The zero-order chi connectivity index (χ0) is 15.5. The molecule has 2 rings (SSSR count). The molecule has 0 spiro atoms. The van der Waals surface area contributed by atoms with Crippen LogP contribution in [0, 0.1) is 18.2 Å². The monoisotopic (exact) mass is 293 g/mol. The molecule has 21 heavy (non-hydrogen) atoms. The minimum atomic E-state index is -0.227.